The van der Waals surface area contributed by atoms with Crippen molar-refractivity contribution in [3.63, 3.8) is 0 Å². The summed E-state index contributed by atoms with van der Waals surface area (Å²) in [6, 6.07) is 5.41. The molecule has 0 amide bonds. The first-order chi connectivity index (χ1) is 12.0. The van der Waals surface area contributed by atoms with Gasteiger partial charge in [-0.1, -0.05) is 6.07 Å². The fourth-order valence-electron chi connectivity index (χ4n) is 2.76. The van der Waals surface area contributed by atoms with Crippen molar-refractivity contribution in [2.45, 2.75) is 19.5 Å². The highest BCUT2D eigenvalue weighted by Gasteiger charge is 2.32. The lowest BCUT2D eigenvalue weighted by Gasteiger charge is -2.13. The van der Waals surface area contributed by atoms with Crippen molar-refractivity contribution in [2.75, 3.05) is 12.0 Å². The molecule has 3 aromatic rings. The Labute approximate surface area is 148 Å². The van der Waals surface area contributed by atoms with Crippen LogP contribution in [0.5, 0.6) is 0 Å². The molecule has 138 valence electrons. The number of hydrogen-bond acceptors (Lipinski definition) is 4. The van der Waals surface area contributed by atoms with Crippen molar-refractivity contribution in [1.29, 1.82) is 0 Å². The van der Waals surface area contributed by atoms with E-state index in [9.17, 15) is 21.6 Å². The Morgan fingerprint density at radius 1 is 1.15 bits per heavy atom. The lowest BCUT2D eigenvalue weighted by Crippen LogP contribution is -2.08. The van der Waals surface area contributed by atoms with Gasteiger partial charge in [-0.3, -0.25) is 10.1 Å². The molecule has 9 heteroatoms. The molecule has 26 heavy (non-hydrogen) atoms. The molecule has 0 saturated carbocycles. The molecule has 3 rings (SSSR count). The Hall–Kier alpha value is -2.42. The molecule has 1 aromatic carbocycles. The molecule has 2 aromatic heterocycles. The minimum absolute atomic E-state index is 0.0334. The van der Waals surface area contributed by atoms with Gasteiger partial charge in [-0.25, -0.2) is 8.42 Å². The summed E-state index contributed by atoms with van der Waals surface area (Å²) in [5.74, 6) is -0.0334. The quantitative estimate of drug-likeness (QED) is 0.748. The zero-order valence-electron chi connectivity index (χ0n) is 14.1. The normalized spacial score (nSPS) is 12.7. The van der Waals surface area contributed by atoms with Crippen molar-refractivity contribution in [2.24, 2.45) is 0 Å². The standard InChI is InChI=1S/C17H16F3N3O2S/c1-10-13(4-3-12(22-10)5-6-26(2,24)25)14-7-11(17(18,19)20)8-16-15(14)9-21-23-16/h3-4,7-9H,5-6H2,1-2H3,(H,21,23). The van der Waals surface area contributed by atoms with Crippen LogP contribution in [0, 0.1) is 6.92 Å². The van der Waals surface area contributed by atoms with E-state index in [1.54, 1.807) is 19.1 Å². The number of nitrogens with one attached hydrogen (secondary N) is 1. The van der Waals surface area contributed by atoms with Gasteiger partial charge in [0.05, 0.1) is 23.0 Å². The Morgan fingerprint density at radius 3 is 2.50 bits per heavy atom. The Morgan fingerprint density at radius 2 is 1.88 bits per heavy atom. The summed E-state index contributed by atoms with van der Waals surface area (Å²) in [5.41, 5.74) is 1.54. The molecule has 0 unspecified atom stereocenters. The van der Waals surface area contributed by atoms with Gasteiger partial charge in [0.25, 0.3) is 0 Å². The lowest BCUT2D eigenvalue weighted by atomic mass is 9.97. The van der Waals surface area contributed by atoms with E-state index in [1.807, 2.05) is 0 Å². The van der Waals surface area contributed by atoms with E-state index in [0.717, 1.165) is 18.4 Å². The van der Waals surface area contributed by atoms with Crippen LogP contribution in [0.4, 0.5) is 13.2 Å². The Kier molecular flexibility index (Phi) is 4.51. The summed E-state index contributed by atoms with van der Waals surface area (Å²) in [6.45, 7) is 1.69. The van der Waals surface area contributed by atoms with E-state index in [0.29, 0.717) is 27.9 Å². The van der Waals surface area contributed by atoms with Crippen molar-refractivity contribution < 1.29 is 21.6 Å². The summed E-state index contributed by atoms with van der Waals surface area (Å²) in [6.07, 6.45) is -1.61. The molecule has 1 N–H and O–H groups in total. The number of benzene rings is 1. The van der Waals surface area contributed by atoms with Gasteiger partial charge in [0.2, 0.25) is 0 Å². The van der Waals surface area contributed by atoms with Crippen LogP contribution in [-0.4, -0.2) is 35.6 Å². The third-order valence-corrected chi connectivity index (χ3v) is 4.99. The molecule has 0 saturated heterocycles. The average molecular weight is 383 g/mol. The van der Waals surface area contributed by atoms with E-state index in [4.69, 9.17) is 0 Å². The minimum atomic E-state index is -4.48. The second kappa shape index (κ2) is 6.39. The van der Waals surface area contributed by atoms with Crippen LogP contribution in [0.1, 0.15) is 17.0 Å². The molecule has 0 bridgehead atoms. The number of nitrogens with zero attached hydrogens (tertiary/aromatic N) is 2. The summed E-state index contributed by atoms with van der Waals surface area (Å²) in [7, 11) is -3.12. The van der Waals surface area contributed by atoms with Crippen LogP contribution in [-0.2, 0) is 22.4 Å². The van der Waals surface area contributed by atoms with Gasteiger partial charge in [0, 0.05) is 35.0 Å². The third-order valence-electron chi connectivity index (χ3n) is 4.05. The number of halogens is 3. The van der Waals surface area contributed by atoms with Gasteiger partial charge in [-0.05, 0) is 30.7 Å². The van der Waals surface area contributed by atoms with Crippen molar-refractivity contribution in [3.05, 3.63) is 47.4 Å². The highest BCUT2D eigenvalue weighted by molar-refractivity contribution is 7.90. The van der Waals surface area contributed by atoms with Gasteiger partial charge in [0.15, 0.2) is 0 Å². The average Bonchev–Trinajstić information content (AvgIpc) is 2.99. The number of sulfone groups is 1. The first-order valence-electron chi connectivity index (χ1n) is 7.73. The number of pyridine rings is 1. The molecule has 0 aliphatic heterocycles. The van der Waals surface area contributed by atoms with E-state index < -0.39 is 21.6 Å². The predicted octanol–water partition coefficient (Wildman–Crippen LogP) is 3.54. The maximum absolute atomic E-state index is 13.2. The lowest BCUT2D eigenvalue weighted by molar-refractivity contribution is -0.137. The zero-order chi connectivity index (χ0) is 19.1. The van der Waals surface area contributed by atoms with Crippen LogP contribution in [0.2, 0.25) is 0 Å². The topological polar surface area (TPSA) is 75.7 Å². The summed E-state index contributed by atoms with van der Waals surface area (Å²) >= 11 is 0. The fraction of sp³-hybridized carbons (Fsp3) is 0.294. The summed E-state index contributed by atoms with van der Waals surface area (Å²) in [4.78, 5) is 4.36. The minimum Gasteiger partial charge on any atom is -0.278 e. The second-order valence-electron chi connectivity index (χ2n) is 6.17. The van der Waals surface area contributed by atoms with Gasteiger partial charge in [-0.2, -0.15) is 18.3 Å². The molecule has 0 atom stereocenters. The second-order valence-corrected chi connectivity index (χ2v) is 8.43. The molecule has 0 aliphatic rings. The van der Waals surface area contributed by atoms with Crippen molar-refractivity contribution in [3.8, 4) is 11.1 Å². The van der Waals surface area contributed by atoms with E-state index in [-0.39, 0.29) is 17.7 Å². The third kappa shape index (κ3) is 3.87. The number of fused-ring (bicyclic) bond motifs is 1. The SMILES string of the molecule is Cc1nc(CCS(C)(=O)=O)ccc1-c1cc(C(F)(F)F)cc2[nH]ncc12. The zero-order valence-corrected chi connectivity index (χ0v) is 14.9. The van der Waals surface area contributed by atoms with Crippen LogP contribution in [0.15, 0.2) is 30.5 Å². The van der Waals surface area contributed by atoms with Crippen molar-refractivity contribution in [1.82, 2.24) is 15.2 Å². The number of aryl methyl sites for hydroxylation is 2. The molecular formula is C17H16F3N3O2S. The summed E-state index contributed by atoms with van der Waals surface area (Å²) < 4.78 is 62.1. The number of aromatic nitrogens is 3. The van der Waals surface area contributed by atoms with Gasteiger partial charge >= 0.3 is 6.18 Å². The predicted molar refractivity (Wildman–Crippen MR) is 92.5 cm³/mol. The maximum atomic E-state index is 13.2. The monoisotopic (exact) mass is 383 g/mol. The molecule has 2 heterocycles. The maximum Gasteiger partial charge on any atom is 0.416 e. The van der Waals surface area contributed by atoms with Crippen LogP contribution < -0.4 is 0 Å². The van der Waals surface area contributed by atoms with Crippen LogP contribution in [0.3, 0.4) is 0 Å². The number of H-pyrrole nitrogens is 1. The highest BCUT2D eigenvalue weighted by atomic mass is 32.2. The number of hydrogen-bond donors (Lipinski definition) is 1. The van der Waals surface area contributed by atoms with Crippen LogP contribution in [0.25, 0.3) is 22.0 Å². The fourth-order valence-corrected chi connectivity index (χ4v) is 3.34. The highest BCUT2D eigenvalue weighted by Crippen LogP contribution is 2.37. The Bertz CT molecular complexity index is 1070. The van der Waals surface area contributed by atoms with Gasteiger partial charge in [-0.15, -0.1) is 0 Å². The number of alkyl halides is 3. The van der Waals surface area contributed by atoms with E-state index in [2.05, 4.69) is 15.2 Å². The molecule has 5 nitrogen and oxygen atoms in total. The molecule has 0 aliphatic carbocycles. The number of rotatable bonds is 4. The van der Waals surface area contributed by atoms with Gasteiger partial charge in [0.1, 0.15) is 9.84 Å². The first kappa shape index (κ1) is 18.4. The van der Waals surface area contributed by atoms with Crippen molar-refractivity contribution >= 4 is 20.7 Å². The molecule has 0 spiro atoms. The summed E-state index contributed by atoms with van der Waals surface area (Å²) in [5, 5.41) is 6.97. The largest absolute Gasteiger partial charge is 0.416 e. The number of aromatic amines is 1. The van der Waals surface area contributed by atoms with E-state index in [1.165, 1.54) is 6.20 Å². The Balaban J connectivity index is 2.07. The van der Waals surface area contributed by atoms with E-state index >= 15 is 0 Å². The smallest absolute Gasteiger partial charge is 0.278 e. The van der Waals surface area contributed by atoms with Gasteiger partial charge < -0.3 is 0 Å². The molecule has 0 fully saturated rings. The van der Waals surface area contributed by atoms with Crippen LogP contribution >= 0.6 is 0 Å². The first-order valence-corrected chi connectivity index (χ1v) is 9.79. The molecule has 0 radical (unpaired) electrons. The molecular weight excluding hydrogens is 367 g/mol.